The summed E-state index contributed by atoms with van der Waals surface area (Å²) in [4.78, 5) is 11.7. The standard InChI is InChI=1S/C13H26N2O2/c1-17-9-3-2-8-15-13(16)10-11-4-6-12(14)7-5-11/h11-12H,2-10,14H2,1H3,(H,15,16). The Balaban J connectivity index is 2.00. The van der Waals surface area contributed by atoms with E-state index >= 15 is 0 Å². The Bertz CT molecular complexity index is 213. The van der Waals surface area contributed by atoms with Gasteiger partial charge in [0.15, 0.2) is 0 Å². The van der Waals surface area contributed by atoms with Crippen LogP contribution in [0.2, 0.25) is 0 Å². The molecule has 0 aromatic rings. The van der Waals surface area contributed by atoms with Crippen LogP contribution >= 0.6 is 0 Å². The van der Waals surface area contributed by atoms with Gasteiger partial charge in [-0.1, -0.05) is 0 Å². The van der Waals surface area contributed by atoms with Gasteiger partial charge in [0.05, 0.1) is 0 Å². The van der Waals surface area contributed by atoms with Gasteiger partial charge in [-0.3, -0.25) is 4.79 Å². The summed E-state index contributed by atoms with van der Waals surface area (Å²) in [5.74, 6) is 0.747. The maximum atomic E-state index is 11.7. The summed E-state index contributed by atoms with van der Waals surface area (Å²) < 4.78 is 4.96. The molecule has 0 saturated heterocycles. The van der Waals surface area contributed by atoms with Crippen LogP contribution in [0, 0.1) is 5.92 Å². The van der Waals surface area contributed by atoms with Crippen molar-refractivity contribution in [1.29, 1.82) is 0 Å². The van der Waals surface area contributed by atoms with E-state index in [1.807, 2.05) is 0 Å². The Hall–Kier alpha value is -0.610. The Morgan fingerprint density at radius 1 is 1.29 bits per heavy atom. The molecule has 1 rings (SSSR count). The SMILES string of the molecule is COCCCCNC(=O)CC1CCC(N)CC1. The van der Waals surface area contributed by atoms with Gasteiger partial charge >= 0.3 is 0 Å². The molecule has 0 spiro atoms. The number of hydrogen-bond donors (Lipinski definition) is 2. The number of unbranched alkanes of at least 4 members (excludes halogenated alkanes) is 1. The number of carbonyl (C=O) groups excluding carboxylic acids is 1. The van der Waals surface area contributed by atoms with Gasteiger partial charge in [0.25, 0.3) is 0 Å². The lowest BCUT2D eigenvalue weighted by molar-refractivity contribution is -0.122. The average Bonchev–Trinajstić information content (AvgIpc) is 2.32. The van der Waals surface area contributed by atoms with Crippen molar-refractivity contribution in [1.82, 2.24) is 5.32 Å². The van der Waals surface area contributed by atoms with Gasteiger partial charge < -0.3 is 15.8 Å². The van der Waals surface area contributed by atoms with Gasteiger partial charge in [0.1, 0.15) is 0 Å². The number of amides is 1. The molecule has 3 N–H and O–H groups in total. The van der Waals surface area contributed by atoms with Crippen molar-refractivity contribution < 1.29 is 9.53 Å². The lowest BCUT2D eigenvalue weighted by Gasteiger charge is -2.25. The third-order valence-corrected chi connectivity index (χ3v) is 3.46. The van der Waals surface area contributed by atoms with E-state index in [1.165, 1.54) is 0 Å². The second kappa shape index (κ2) is 8.48. The van der Waals surface area contributed by atoms with Crippen LogP contribution in [-0.4, -0.2) is 32.2 Å². The van der Waals surface area contributed by atoms with Crippen LogP contribution in [0.4, 0.5) is 0 Å². The van der Waals surface area contributed by atoms with E-state index in [0.717, 1.165) is 51.7 Å². The largest absolute Gasteiger partial charge is 0.385 e. The van der Waals surface area contributed by atoms with Crippen molar-refractivity contribution >= 4 is 5.91 Å². The fourth-order valence-electron chi connectivity index (χ4n) is 2.33. The number of nitrogens with one attached hydrogen (secondary N) is 1. The smallest absolute Gasteiger partial charge is 0.220 e. The molecule has 0 atom stereocenters. The molecular weight excluding hydrogens is 216 g/mol. The molecule has 0 aliphatic heterocycles. The molecule has 1 aliphatic carbocycles. The van der Waals surface area contributed by atoms with E-state index in [1.54, 1.807) is 7.11 Å². The van der Waals surface area contributed by atoms with Crippen LogP contribution < -0.4 is 11.1 Å². The number of carbonyl (C=O) groups is 1. The van der Waals surface area contributed by atoms with Gasteiger partial charge in [-0.25, -0.2) is 0 Å². The summed E-state index contributed by atoms with van der Waals surface area (Å²) in [6.07, 6.45) is 7.05. The molecule has 17 heavy (non-hydrogen) atoms. The zero-order valence-corrected chi connectivity index (χ0v) is 10.9. The molecule has 0 aromatic heterocycles. The molecule has 0 unspecified atom stereocenters. The van der Waals surface area contributed by atoms with Crippen molar-refractivity contribution in [2.45, 2.75) is 51.0 Å². The Labute approximate surface area is 104 Å². The molecule has 1 amide bonds. The molecule has 0 bridgehead atoms. The Morgan fingerprint density at radius 3 is 2.65 bits per heavy atom. The van der Waals surface area contributed by atoms with Crippen molar-refractivity contribution in [2.24, 2.45) is 11.7 Å². The van der Waals surface area contributed by atoms with Crippen molar-refractivity contribution in [3.05, 3.63) is 0 Å². The Morgan fingerprint density at radius 2 is 2.00 bits per heavy atom. The zero-order chi connectivity index (χ0) is 12.5. The third kappa shape index (κ3) is 6.64. The highest BCUT2D eigenvalue weighted by molar-refractivity contribution is 5.76. The summed E-state index contributed by atoms with van der Waals surface area (Å²) >= 11 is 0. The third-order valence-electron chi connectivity index (χ3n) is 3.46. The number of ether oxygens (including phenoxy) is 1. The predicted octanol–water partition coefficient (Wildman–Crippen LogP) is 1.44. The van der Waals surface area contributed by atoms with E-state index in [-0.39, 0.29) is 5.91 Å². The van der Waals surface area contributed by atoms with E-state index in [4.69, 9.17) is 10.5 Å². The molecule has 0 heterocycles. The second-order valence-electron chi connectivity index (χ2n) is 5.03. The van der Waals surface area contributed by atoms with Crippen LogP contribution in [0.1, 0.15) is 44.9 Å². The van der Waals surface area contributed by atoms with E-state index in [2.05, 4.69) is 5.32 Å². The number of methoxy groups -OCH3 is 1. The second-order valence-corrected chi connectivity index (χ2v) is 5.03. The zero-order valence-electron chi connectivity index (χ0n) is 10.9. The minimum absolute atomic E-state index is 0.197. The number of nitrogens with two attached hydrogens (primary N) is 1. The summed E-state index contributed by atoms with van der Waals surface area (Å²) in [7, 11) is 1.70. The first-order valence-electron chi connectivity index (χ1n) is 6.73. The molecule has 1 aliphatic rings. The van der Waals surface area contributed by atoms with Gasteiger partial charge in [-0.05, 0) is 44.4 Å². The summed E-state index contributed by atoms with van der Waals surface area (Å²) in [6, 6.07) is 0.364. The molecular formula is C13H26N2O2. The lowest BCUT2D eigenvalue weighted by atomic mass is 9.84. The van der Waals surface area contributed by atoms with Crippen LogP contribution in [0.5, 0.6) is 0 Å². The van der Waals surface area contributed by atoms with Gasteiger partial charge in [0, 0.05) is 32.7 Å². The van der Waals surface area contributed by atoms with Crippen molar-refractivity contribution in [2.75, 3.05) is 20.3 Å². The fraction of sp³-hybridized carbons (Fsp3) is 0.923. The normalized spacial score (nSPS) is 24.6. The molecule has 0 aromatic carbocycles. The molecule has 100 valence electrons. The number of rotatable bonds is 7. The topological polar surface area (TPSA) is 64.3 Å². The quantitative estimate of drug-likeness (QED) is 0.664. The maximum Gasteiger partial charge on any atom is 0.220 e. The van der Waals surface area contributed by atoms with Crippen molar-refractivity contribution in [3.63, 3.8) is 0 Å². The van der Waals surface area contributed by atoms with Gasteiger partial charge in [-0.2, -0.15) is 0 Å². The van der Waals surface area contributed by atoms with Crippen molar-refractivity contribution in [3.8, 4) is 0 Å². The van der Waals surface area contributed by atoms with Crippen LogP contribution in [0.15, 0.2) is 0 Å². The first-order chi connectivity index (χ1) is 8.22. The monoisotopic (exact) mass is 242 g/mol. The Kier molecular flexibility index (Phi) is 7.21. The van der Waals surface area contributed by atoms with Gasteiger partial charge in [-0.15, -0.1) is 0 Å². The summed E-state index contributed by atoms with van der Waals surface area (Å²) in [5.41, 5.74) is 5.84. The molecule has 1 fully saturated rings. The van der Waals surface area contributed by atoms with Crippen LogP contribution in [0.3, 0.4) is 0 Å². The summed E-state index contributed by atoms with van der Waals surface area (Å²) in [5, 5.41) is 2.97. The lowest BCUT2D eigenvalue weighted by Crippen LogP contribution is -2.31. The first-order valence-corrected chi connectivity index (χ1v) is 6.73. The highest BCUT2D eigenvalue weighted by atomic mass is 16.5. The summed E-state index contributed by atoms with van der Waals surface area (Å²) in [6.45, 7) is 1.55. The fourth-order valence-corrected chi connectivity index (χ4v) is 2.33. The number of hydrogen-bond acceptors (Lipinski definition) is 3. The van der Waals surface area contributed by atoms with E-state index < -0.39 is 0 Å². The van der Waals surface area contributed by atoms with Gasteiger partial charge in [0.2, 0.25) is 5.91 Å². The molecule has 4 heteroatoms. The average molecular weight is 242 g/mol. The minimum atomic E-state index is 0.197. The van der Waals surface area contributed by atoms with E-state index in [9.17, 15) is 4.79 Å². The molecule has 4 nitrogen and oxygen atoms in total. The highest BCUT2D eigenvalue weighted by Gasteiger charge is 2.20. The van der Waals surface area contributed by atoms with Crippen LogP contribution in [-0.2, 0) is 9.53 Å². The maximum absolute atomic E-state index is 11.7. The highest BCUT2D eigenvalue weighted by Crippen LogP contribution is 2.25. The first kappa shape index (κ1) is 14.5. The van der Waals surface area contributed by atoms with Crippen LogP contribution in [0.25, 0.3) is 0 Å². The molecule has 1 saturated carbocycles. The molecule has 0 radical (unpaired) electrons. The van der Waals surface area contributed by atoms with E-state index in [0.29, 0.717) is 18.4 Å². The minimum Gasteiger partial charge on any atom is -0.385 e. The predicted molar refractivity (Wildman–Crippen MR) is 68.7 cm³/mol.